The van der Waals surface area contributed by atoms with Gasteiger partial charge in [-0.1, -0.05) is 37.4 Å². The second-order valence-electron chi connectivity index (χ2n) is 12.7. The van der Waals surface area contributed by atoms with E-state index in [9.17, 15) is 0 Å². The Labute approximate surface area is 294 Å². The molecule has 2 saturated carbocycles. The summed E-state index contributed by atoms with van der Waals surface area (Å²) in [7, 11) is 0. The molecule has 2 N–H and O–H groups in total. The first-order valence-corrected chi connectivity index (χ1v) is 19.2. The minimum absolute atomic E-state index is 0.457. The molecule has 6 aliphatic rings. The van der Waals surface area contributed by atoms with Gasteiger partial charge in [0.2, 0.25) is 0 Å². The normalized spacial score (nSPS) is 14.6. The van der Waals surface area contributed by atoms with Gasteiger partial charge in [0.15, 0.2) is 45.0 Å². The first-order valence-electron chi connectivity index (χ1n) is 17.3. The third-order valence-corrected chi connectivity index (χ3v) is 10.8. The average Bonchev–Trinajstić information content (AvgIpc) is 4.07. The molecule has 0 bridgehead atoms. The van der Waals surface area contributed by atoms with E-state index in [1.54, 1.807) is 23.5 Å². The smallest absolute Gasteiger partial charge is 0.172 e. The third kappa shape index (κ3) is 7.07. The zero-order valence-electron chi connectivity index (χ0n) is 27.8. The molecule has 8 rings (SSSR count). The van der Waals surface area contributed by atoms with Crippen molar-refractivity contribution in [2.45, 2.75) is 101 Å². The topological polar surface area (TPSA) is 137 Å². The maximum Gasteiger partial charge on any atom is 0.172 e. The van der Waals surface area contributed by atoms with Gasteiger partial charge in [-0.15, -0.1) is 0 Å². The zero-order valence-corrected chi connectivity index (χ0v) is 29.5. The van der Waals surface area contributed by atoms with Crippen LogP contribution in [0.4, 0.5) is 11.6 Å². The van der Waals surface area contributed by atoms with Crippen molar-refractivity contribution in [2.75, 3.05) is 15.7 Å². The summed E-state index contributed by atoms with van der Waals surface area (Å²) in [4.78, 5) is 38.9. The Balaban J connectivity index is 1.10. The summed E-state index contributed by atoms with van der Waals surface area (Å²) in [5.41, 5.74) is 3.97. The molecule has 2 aliphatic carbocycles. The molecule has 49 heavy (non-hydrogen) atoms. The Morgan fingerprint density at radius 1 is 0.612 bits per heavy atom. The first kappa shape index (κ1) is 31.9. The highest BCUT2D eigenvalue weighted by Gasteiger charge is 2.33. The van der Waals surface area contributed by atoms with Gasteiger partial charge in [-0.2, -0.15) is 0 Å². The summed E-state index contributed by atoms with van der Waals surface area (Å²) in [5, 5.41) is 9.70. The molecule has 0 spiro atoms. The summed E-state index contributed by atoms with van der Waals surface area (Å²) >= 11 is 3.43. The SMILES string of the molecule is CCCn1c(SCSc2nc(NCc3ccncc3)c3nc(C4CC4)nc-3n2CCC)nc(NCc2ccncc2)c2nc(C3CC3)nc1-2. The van der Waals surface area contributed by atoms with Crippen LogP contribution < -0.4 is 10.6 Å². The van der Waals surface area contributed by atoms with E-state index in [4.69, 9.17) is 29.9 Å². The molecule has 0 atom stereocenters. The highest BCUT2D eigenvalue weighted by atomic mass is 32.2. The number of anilines is 2. The predicted octanol–water partition coefficient (Wildman–Crippen LogP) is 7.30. The van der Waals surface area contributed by atoms with Gasteiger partial charge in [0.05, 0.1) is 5.08 Å². The largest absolute Gasteiger partial charge is 0.364 e. The number of fused-ring (bicyclic) bond motifs is 2. The molecular weight excluding hydrogens is 653 g/mol. The number of rotatable bonds is 16. The molecule has 0 aromatic carbocycles. The van der Waals surface area contributed by atoms with E-state index in [1.807, 2.05) is 49.1 Å². The lowest BCUT2D eigenvalue weighted by Gasteiger charge is -2.20. The molecular formula is C35H40N12S2. The van der Waals surface area contributed by atoms with E-state index < -0.39 is 0 Å². The number of imidazole rings is 2. The van der Waals surface area contributed by atoms with Crippen LogP contribution in [0.25, 0.3) is 23.0 Å². The number of pyridine rings is 2. The number of hydrogen-bond donors (Lipinski definition) is 2. The van der Waals surface area contributed by atoms with Crippen LogP contribution in [0.1, 0.15) is 87.0 Å². The molecule has 2 fully saturated rings. The van der Waals surface area contributed by atoms with Gasteiger partial charge in [-0.3, -0.25) is 9.97 Å². The van der Waals surface area contributed by atoms with Crippen molar-refractivity contribution in [2.24, 2.45) is 0 Å². The molecule has 12 nitrogen and oxygen atoms in total. The number of aromatic nitrogens is 10. The van der Waals surface area contributed by atoms with Gasteiger partial charge in [0.25, 0.3) is 0 Å². The van der Waals surface area contributed by atoms with Crippen molar-refractivity contribution in [1.29, 1.82) is 0 Å². The van der Waals surface area contributed by atoms with E-state index >= 15 is 0 Å². The quantitative estimate of drug-likeness (QED) is 0.0598. The lowest BCUT2D eigenvalue weighted by molar-refractivity contribution is 0.594. The molecule has 2 aromatic heterocycles. The minimum Gasteiger partial charge on any atom is -0.364 e. The van der Waals surface area contributed by atoms with Crippen molar-refractivity contribution in [1.82, 2.24) is 49.0 Å². The van der Waals surface area contributed by atoms with Crippen molar-refractivity contribution in [3.05, 3.63) is 71.8 Å². The fourth-order valence-electron chi connectivity index (χ4n) is 5.87. The maximum atomic E-state index is 5.19. The summed E-state index contributed by atoms with van der Waals surface area (Å²) < 4.78 is 4.50. The van der Waals surface area contributed by atoms with Crippen LogP contribution in [-0.2, 0) is 26.2 Å². The Hall–Kier alpha value is -4.30. The highest BCUT2D eigenvalue weighted by Crippen LogP contribution is 2.44. The van der Waals surface area contributed by atoms with Crippen molar-refractivity contribution in [3.8, 4) is 23.0 Å². The number of hydrogen-bond acceptors (Lipinski definition) is 12. The molecule has 2 aromatic rings. The van der Waals surface area contributed by atoms with Crippen LogP contribution in [0.2, 0.25) is 0 Å². The van der Waals surface area contributed by atoms with Crippen LogP contribution in [0.5, 0.6) is 0 Å². The van der Waals surface area contributed by atoms with Gasteiger partial charge in [-0.25, -0.2) is 29.9 Å². The van der Waals surface area contributed by atoms with Gasteiger partial charge in [-0.05, 0) is 73.9 Å². The molecule has 0 unspecified atom stereocenters. The molecule has 252 valence electrons. The Morgan fingerprint density at radius 3 is 1.43 bits per heavy atom. The molecule has 14 heteroatoms. The Bertz CT molecular complexity index is 1810. The number of thioether (sulfide) groups is 2. The van der Waals surface area contributed by atoms with Gasteiger partial charge in [0, 0.05) is 62.8 Å². The second-order valence-corrected chi connectivity index (χ2v) is 14.9. The standard InChI is InChI=1S/C35H40N12S2/c1-3-17-46-32-26(40-28(42-32)24-5-6-24)30(38-19-22-9-13-36-14-10-22)44-34(46)48-21-49-35-45-31(39-20-23-11-15-37-16-12-23)27-33(47(35)18-4-2)43-29(41-27)25-7-8-25/h9-16,24-25,38-39H,3-8,17-21H2,1-2H3. The number of nitrogens with zero attached hydrogens (tertiary/aromatic N) is 10. The summed E-state index contributed by atoms with van der Waals surface area (Å²) in [6, 6.07) is 8.07. The lowest BCUT2D eigenvalue weighted by atomic mass is 10.2. The van der Waals surface area contributed by atoms with Crippen molar-refractivity contribution in [3.63, 3.8) is 0 Å². The highest BCUT2D eigenvalue weighted by molar-refractivity contribution is 8.15. The van der Waals surface area contributed by atoms with Crippen LogP contribution in [0.15, 0.2) is 59.4 Å². The van der Waals surface area contributed by atoms with Gasteiger partial charge >= 0.3 is 0 Å². The van der Waals surface area contributed by atoms with Crippen molar-refractivity contribution < 1.29 is 0 Å². The second kappa shape index (κ2) is 14.3. The minimum atomic E-state index is 0.457. The van der Waals surface area contributed by atoms with Gasteiger partial charge in [0.1, 0.15) is 11.6 Å². The monoisotopic (exact) mass is 692 g/mol. The molecule has 0 radical (unpaired) electrons. The Kier molecular flexibility index (Phi) is 9.31. The van der Waals surface area contributed by atoms with Crippen LogP contribution in [-0.4, -0.2) is 54.1 Å². The van der Waals surface area contributed by atoms with Crippen LogP contribution >= 0.6 is 23.5 Å². The fraction of sp³-hybridized carbons (Fsp3) is 0.429. The predicted molar refractivity (Wildman–Crippen MR) is 193 cm³/mol. The zero-order chi connectivity index (χ0) is 33.2. The van der Waals surface area contributed by atoms with E-state index in [0.717, 1.165) is 119 Å². The maximum absolute atomic E-state index is 5.19. The summed E-state index contributed by atoms with van der Waals surface area (Å²) in [6.45, 7) is 7.29. The van der Waals surface area contributed by atoms with E-state index in [1.165, 1.54) is 0 Å². The third-order valence-electron chi connectivity index (χ3n) is 8.73. The van der Waals surface area contributed by atoms with E-state index in [-0.39, 0.29) is 0 Å². The average molecular weight is 693 g/mol. The molecule has 0 amide bonds. The van der Waals surface area contributed by atoms with Gasteiger partial charge < -0.3 is 19.8 Å². The van der Waals surface area contributed by atoms with Crippen LogP contribution in [0.3, 0.4) is 0 Å². The first-order chi connectivity index (χ1) is 24.2. The lowest BCUT2D eigenvalue weighted by Crippen LogP contribution is -2.14. The fourth-order valence-corrected chi connectivity index (χ4v) is 7.93. The van der Waals surface area contributed by atoms with Crippen molar-refractivity contribution >= 4 is 35.2 Å². The molecule has 0 saturated heterocycles. The van der Waals surface area contributed by atoms with Crippen LogP contribution in [0, 0.1) is 0 Å². The van der Waals surface area contributed by atoms with E-state index in [2.05, 4.69) is 43.6 Å². The summed E-state index contributed by atoms with van der Waals surface area (Å²) in [5.74, 6) is 6.16. The summed E-state index contributed by atoms with van der Waals surface area (Å²) in [6.07, 6.45) is 13.8. The number of nitrogens with one attached hydrogen (secondary N) is 2. The Morgan fingerprint density at radius 2 is 1.04 bits per heavy atom. The van der Waals surface area contributed by atoms with E-state index in [0.29, 0.717) is 30.0 Å². The molecule has 4 aliphatic heterocycles. The molecule has 6 heterocycles.